The number of carboxylic acid groups (broad SMARTS) is 1. The van der Waals surface area contributed by atoms with E-state index in [0.717, 1.165) is 10.9 Å². The molecule has 0 saturated carbocycles. The van der Waals surface area contributed by atoms with Crippen LogP contribution in [0, 0.1) is 5.92 Å². The van der Waals surface area contributed by atoms with Crippen LogP contribution in [0.5, 0.6) is 0 Å². The number of aliphatic carboxylic acids is 1. The van der Waals surface area contributed by atoms with Gasteiger partial charge in [0.25, 0.3) is 0 Å². The van der Waals surface area contributed by atoms with Crippen LogP contribution < -0.4 is 49.1 Å². The van der Waals surface area contributed by atoms with Crippen molar-refractivity contribution in [2.45, 2.75) is 89.5 Å². The molecule has 0 saturated heterocycles. The summed E-state index contributed by atoms with van der Waals surface area (Å²) >= 11 is 0. The number of rotatable bonds is 24. The summed E-state index contributed by atoms with van der Waals surface area (Å²) < 4.78 is 0. The molecule has 0 fully saturated rings. The molecule has 0 spiro atoms. The number of carbonyl (C=O) groups is 8. The Balaban J connectivity index is 1.98. The number of aromatic nitrogens is 1. The Morgan fingerprint density at radius 2 is 1.27 bits per heavy atom. The first-order valence-corrected chi connectivity index (χ1v) is 19.3. The van der Waals surface area contributed by atoms with Crippen molar-refractivity contribution >= 4 is 64.2 Å². The first kappa shape index (κ1) is 47.4. The quantitative estimate of drug-likeness (QED) is 0.0282. The first-order valence-electron chi connectivity index (χ1n) is 19.3. The number of benzene rings is 2. The molecule has 2 aromatic carbocycles. The van der Waals surface area contributed by atoms with Gasteiger partial charge in [0.15, 0.2) is 5.96 Å². The highest BCUT2D eigenvalue weighted by molar-refractivity contribution is 5.98. The number of hydrogen-bond donors (Lipinski definition) is 11. The number of nitrogens with one attached hydrogen (secondary N) is 7. The van der Waals surface area contributed by atoms with E-state index in [4.69, 9.17) is 17.2 Å². The van der Waals surface area contributed by atoms with Gasteiger partial charge in [-0.05, 0) is 42.4 Å². The van der Waals surface area contributed by atoms with E-state index in [1.165, 1.54) is 6.92 Å². The van der Waals surface area contributed by atoms with E-state index in [0.29, 0.717) is 11.1 Å². The van der Waals surface area contributed by atoms with Gasteiger partial charge in [-0.25, -0.2) is 0 Å². The number of aliphatic imine (C=N–C) groups is 1. The SMILES string of the molecule is CC(=O)N[C@@H](CC(C)C)C(=O)N[C@@H](CC(=O)O)C(=O)N[C@@H](CCCN=C(N)N)C(=O)N[C@@H](Cc1c[nH]c2ccccc12)C(=O)N[C@@H](Cc1ccccc1)C(=O)NCC(N)=O. The third kappa shape index (κ3) is 16.1. The van der Waals surface area contributed by atoms with Gasteiger partial charge in [0.2, 0.25) is 41.4 Å². The molecule has 1 heterocycles. The van der Waals surface area contributed by atoms with Crippen molar-refractivity contribution < 1.29 is 43.5 Å². The number of nitrogens with two attached hydrogens (primary N) is 3. The Kier molecular flexibility index (Phi) is 18.5. The number of guanidine groups is 1. The third-order valence-electron chi connectivity index (χ3n) is 9.08. The van der Waals surface area contributed by atoms with Crippen molar-refractivity contribution in [3.63, 3.8) is 0 Å². The Morgan fingerprint density at radius 1 is 0.700 bits per heavy atom. The van der Waals surface area contributed by atoms with Gasteiger partial charge in [-0.3, -0.25) is 43.3 Å². The topological polar surface area (TPSA) is 335 Å². The summed E-state index contributed by atoms with van der Waals surface area (Å²) in [6.45, 7) is 4.37. The first-order chi connectivity index (χ1) is 28.4. The minimum atomic E-state index is -1.69. The fourth-order valence-corrected chi connectivity index (χ4v) is 6.28. The van der Waals surface area contributed by atoms with Gasteiger partial charge in [0, 0.05) is 43.4 Å². The number of nitrogens with zero attached hydrogens (tertiary/aromatic N) is 1. The van der Waals surface area contributed by atoms with Crippen LogP contribution in [0.1, 0.15) is 57.6 Å². The molecule has 0 aliphatic heterocycles. The van der Waals surface area contributed by atoms with Gasteiger partial charge in [-0.15, -0.1) is 0 Å². The zero-order valence-corrected chi connectivity index (χ0v) is 33.8. The molecule has 0 bridgehead atoms. The van der Waals surface area contributed by atoms with Gasteiger partial charge < -0.3 is 59.2 Å². The van der Waals surface area contributed by atoms with Gasteiger partial charge in [0.1, 0.15) is 30.2 Å². The van der Waals surface area contributed by atoms with E-state index in [1.807, 2.05) is 32.0 Å². The summed E-state index contributed by atoms with van der Waals surface area (Å²) in [5.41, 5.74) is 18.2. The highest BCUT2D eigenvalue weighted by Gasteiger charge is 2.34. The average molecular weight is 834 g/mol. The molecule has 324 valence electrons. The normalized spacial score (nSPS) is 13.4. The van der Waals surface area contributed by atoms with Crippen molar-refractivity contribution in [2.75, 3.05) is 13.1 Å². The number of carbonyl (C=O) groups excluding carboxylic acids is 7. The van der Waals surface area contributed by atoms with E-state index in [1.54, 1.807) is 42.6 Å². The van der Waals surface area contributed by atoms with Crippen LogP contribution in [0.4, 0.5) is 0 Å². The van der Waals surface area contributed by atoms with E-state index in [2.05, 4.69) is 41.9 Å². The molecule has 20 nitrogen and oxygen atoms in total. The highest BCUT2D eigenvalue weighted by atomic mass is 16.4. The van der Waals surface area contributed by atoms with Crippen LogP contribution in [0.2, 0.25) is 0 Å². The van der Waals surface area contributed by atoms with Gasteiger partial charge >= 0.3 is 5.97 Å². The molecule has 20 heteroatoms. The number of aromatic amines is 1. The second-order valence-corrected chi connectivity index (χ2v) is 14.6. The second-order valence-electron chi connectivity index (χ2n) is 14.6. The van der Waals surface area contributed by atoms with Crippen molar-refractivity contribution in [1.29, 1.82) is 0 Å². The molecule has 1 aromatic heterocycles. The average Bonchev–Trinajstić information content (AvgIpc) is 3.59. The summed E-state index contributed by atoms with van der Waals surface area (Å²) in [6.07, 6.45) is 0.892. The largest absolute Gasteiger partial charge is 0.481 e. The minimum absolute atomic E-state index is 0.00501. The Labute approximate surface area is 346 Å². The van der Waals surface area contributed by atoms with E-state index in [-0.39, 0.29) is 50.5 Å². The monoisotopic (exact) mass is 833 g/mol. The van der Waals surface area contributed by atoms with Crippen LogP contribution >= 0.6 is 0 Å². The van der Waals surface area contributed by atoms with Gasteiger partial charge in [0.05, 0.1) is 13.0 Å². The second kappa shape index (κ2) is 23.4. The highest BCUT2D eigenvalue weighted by Crippen LogP contribution is 2.20. The molecule has 0 unspecified atom stereocenters. The number of amides is 7. The molecular weight excluding hydrogens is 779 g/mol. The lowest BCUT2D eigenvalue weighted by Gasteiger charge is -2.27. The number of para-hydroxylation sites is 1. The molecule has 7 amide bonds. The van der Waals surface area contributed by atoms with Crippen LogP contribution in [-0.4, -0.2) is 107 Å². The predicted molar refractivity (Wildman–Crippen MR) is 221 cm³/mol. The lowest BCUT2D eigenvalue weighted by Crippen LogP contribution is -2.60. The van der Waals surface area contributed by atoms with E-state index < -0.39 is 90.5 Å². The maximum absolute atomic E-state index is 14.2. The van der Waals surface area contributed by atoms with Crippen LogP contribution in [-0.2, 0) is 51.2 Å². The molecule has 60 heavy (non-hydrogen) atoms. The van der Waals surface area contributed by atoms with Crippen molar-refractivity contribution in [3.8, 4) is 0 Å². The lowest BCUT2D eigenvalue weighted by atomic mass is 10.0. The smallest absolute Gasteiger partial charge is 0.305 e. The maximum Gasteiger partial charge on any atom is 0.305 e. The Bertz CT molecular complexity index is 2020. The maximum atomic E-state index is 14.2. The molecule has 0 radical (unpaired) electrons. The third-order valence-corrected chi connectivity index (χ3v) is 9.08. The van der Waals surface area contributed by atoms with Crippen molar-refractivity contribution in [3.05, 3.63) is 71.9 Å². The molecule has 0 aliphatic carbocycles. The number of H-pyrrole nitrogens is 1. The molecular formula is C40H55N11O9. The van der Waals surface area contributed by atoms with E-state index >= 15 is 0 Å². The fourth-order valence-electron chi connectivity index (χ4n) is 6.28. The van der Waals surface area contributed by atoms with Crippen molar-refractivity contribution in [1.82, 2.24) is 36.9 Å². The summed E-state index contributed by atoms with van der Waals surface area (Å²) in [7, 11) is 0. The Hall–Kier alpha value is -6.99. The van der Waals surface area contributed by atoms with Gasteiger partial charge in [-0.2, -0.15) is 0 Å². The van der Waals surface area contributed by atoms with Crippen LogP contribution in [0.15, 0.2) is 65.8 Å². The fraction of sp³-hybridized carbons (Fsp3) is 0.425. The van der Waals surface area contributed by atoms with E-state index in [9.17, 15) is 43.5 Å². The number of hydrogen-bond acceptors (Lipinski definition) is 9. The summed E-state index contributed by atoms with van der Waals surface area (Å²) in [5.74, 6) is -7.28. The molecule has 14 N–H and O–H groups in total. The molecule has 0 aliphatic rings. The number of primary amides is 1. The Morgan fingerprint density at radius 3 is 1.88 bits per heavy atom. The van der Waals surface area contributed by atoms with Crippen LogP contribution in [0.25, 0.3) is 10.9 Å². The predicted octanol–water partition coefficient (Wildman–Crippen LogP) is -1.43. The summed E-state index contributed by atoms with van der Waals surface area (Å²) in [4.78, 5) is 111. The minimum Gasteiger partial charge on any atom is -0.481 e. The molecule has 5 atom stereocenters. The van der Waals surface area contributed by atoms with Crippen LogP contribution in [0.3, 0.4) is 0 Å². The standard InChI is InChI=1S/C40H55N11O9/c1-22(2)16-29(47-23(3)52)37(58)51-32(19-34(54)55)39(60)48-28(14-9-15-44-40(42)43)36(57)50-31(18-25-20-45-27-13-8-7-12-26(25)27)38(59)49-30(35(56)46-21-33(41)53)17-24-10-5-4-6-11-24/h4-8,10-13,20,22,28-32,45H,9,14-19,21H2,1-3H3,(H2,41,53)(H,46,56)(H,47,52)(H,48,60)(H,49,59)(H,50,57)(H,51,58)(H,54,55)(H4,42,43,44)/t28-,29-,30-,31-,32-/m0/s1. The lowest BCUT2D eigenvalue weighted by molar-refractivity contribution is -0.141. The number of carboxylic acids is 1. The van der Waals surface area contributed by atoms with Crippen molar-refractivity contribution in [2.24, 2.45) is 28.1 Å². The van der Waals surface area contributed by atoms with Gasteiger partial charge in [-0.1, -0.05) is 62.4 Å². The zero-order valence-electron chi connectivity index (χ0n) is 33.8. The number of fused-ring (bicyclic) bond motifs is 1. The summed E-state index contributed by atoms with van der Waals surface area (Å²) in [5, 5.41) is 25.6. The summed E-state index contributed by atoms with van der Waals surface area (Å²) in [6, 6.07) is 9.19. The zero-order chi connectivity index (χ0) is 44.4. The molecule has 3 rings (SSSR count). The molecule has 3 aromatic rings.